The standard InChI is InChI=1S/C11H18ClN3/c1-3-6-15-9(8(12)7-14-15)10(13)11(2)4-5-11/h7,10H,3-6,13H2,1-2H3. The lowest BCUT2D eigenvalue weighted by molar-refractivity contribution is 0.413. The van der Waals surface area contributed by atoms with Crippen LogP contribution < -0.4 is 5.73 Å². The van der Waals surface area contributed by atoms with E-state index in [1.165, 1.54) is 12.8 Å². The lowest BCUT2D eigenvalue weighted by atomic mass is 9.97. The van der Waals surface area contributed by atoms with Crippen molar-refractivity contribution in [3.05, 3.63) is 16.9 Å². The van der Waals surface area contributed by atoms with E-state index in [2.05, 4.69) is 18.9 Å². The van der Waals surface area contributed by atoms with Crippen molar-refractivity contribution in [3.8, 4) is 0 Å². The zero-order chi connectivity index (χ0) is 11.1. The molecule has 1 atom stereocenters. The van der Waals surface area contributed by atoms with Crippen LogP contribution in [0.5, 0.6) is 0 Å². The molecule has 4 heteroatoms. The van der Waals surface area contributed by atoms with Gasteiger partial charge in [-0.1, -0.05) is 25.4 Å². The number of aryl methyl sites for hydroxylation is 1. The molecule has 0 radical (unpaired) electrons. The summed E-state index contributed by atoms with van der Waals surface area (Å²) in [5.41, 5.74) is 7.52. The largest absolute Gasteiger partial charge is 0.322 e. The van der Waals surface area contributed by atoms with E-state index in [1.807, 2.05) is 4.68 Å². The summed E-state index contributed by atoms with van der Waals surface area (Å²) < 4.78 is 1.95. The average molecular weight is 228 g/mol. The van der Waals surface area contributed by atoms with Gasteiger partial charge in [0.15, 0.2) is 0 Å². The summed E-state index contributed by atoms with van der Waals surface area (Å²) in [6.45, 7) is 5.24. The van der Waals surface area contributed by atoms with Gasteiger partial charge in [0.25, 0.3) is 0 Å². The van der Waals surface area contributed by atoms with Crippen LogP contribution in [0, 0.1) is 5.41 Å². The molecule has 1 aliphatic carbocycles. The fourth-order valence-electron chi connectivity index (χ4n) is 1.91. The molecule has 2 rings (SSSR count). The number of halogens is 1. The van der Waals surface area contributed by atoms with Crippen LogP contribution >= 0.6 is 11.6 Å². The van der Waals surface area contributed by atoms with Crippen molar-refractivity contribution in [1.82, 2.24) is 9.78 Å². The number of nitrogens with two attached hydrogens (primary N) is 1. The summed E-state index contributed by atoms with van der Waals surface area (Å²) in [5.74, 6) is 0. The Kier molecular flexibility index (Phi) is 2.77. The van der Waals surface area contributed by atoms with E-state index in [-0.39, 0.29) is 11.5 Å². The van der Waals surface area contributed by atoms with E-state index in [0.29, 0.717) is 5.02 Å². The number of aromatic nitrogens is 2. The van der Waals surface area contributed by atoms with Crippen LogP contribution in [0.1, 0.15) is 44.8 Å². The molecule has 84 valence electrons. The summed E-state index contributed by atoms with van der Waals surface area (Å²) in [5, 5.41) is 4.98. The second-order valence-electron chi connectivity index (χ2n) is 4.73. The van der Waals surface area contributed by atoms with Gasteiger partial charge in [-0.15, -0.1) is 0 Å². The second-order valence-corrected chi connectivity index (χ2v) is 5.14. The van der Waals surface area contributed by atoms with Crippen molar-refractivity contribution in [2.24, 2.45) is 11.1 Å². The Hall–Kier alpha value is -0.540. The third-order valence-electron chi connectivity index (χ3n) is 3.35. The Bertz CT molecular complexity index is 355. The van der Waals surface area contributed by atoms with E-state index < -0.39 is 0 Å². The molecule has 15 heavy (non-hydrogen) atoms. The first kappa shape index (κ1) is 11.0. The van der Waals surface area contributed by atoms with Crippen molar-refractivity contribution >= 4 is 11.6 Å². The smallest absolute Gasteiger partial charge is 0.0834 e. The van der Waals surface area contributed by atoms with Gasteiger partial charge in [-0.3, -0.25) is 4.68 Å². The Morgan fingerprint density at radius 1 is 1.67 bits per heavy atom. The molecule has 1 aliphatic rings. The first-order chi connectivity index (χ1) is 7.08. The highest BCUT2D eigenvalue weighted by molar-refractivity contribution is 6.31. The quantitative estimate of drug-likeness (QED) is 0.860. The van der Waals surface area contributed by atoms with Gasteiger partial charge in [-0.25, -0.2) is 0 Å². The molecule has 1 heterocycles. The highest BCUT2D eigenvalue weighted by atomic mass is 35.5. The SMILES string of the molecule is CCCn1ncc(Cl)c1C(N)C1(C)CC1. The maximum Gasteiger partial charge on any atom is 0.0834 e. The average Bonchev–Trinajstić information content (AvgIpc) is 2.85. The minimum absolute atomic E-state index is 0.0269. The predicted octanol–water partition coefficient (Wildman–Crippen LogP) is 2.75. The lowest BCUT2D eigenvalue weighted by Gasteiger charge is -2.20. The molecule has 1 aromatic rings. The first-order valence-electron chi connectivity index (χ1n) is 5.55. The van der Waals surface area contributed by atoms with Gasteiger partial charge in [0.1, 0.15) is 0 Å². The van der Waals surface area contributed by atoms with Gasteiger partial charge in [0.05, 0.1) is 23.0 Å². The van der Waals surface area contributed by atoms with Crippen LogP contribution in [-0.2, 0) is 6.54 Å². The summed E-state index contributed by atoms with van der Waals surface area (Å²) >= 11 is 6.15. The van der Waals surface area contributed by atoms with Crippen molar-refractivity contribution in [2.45, 2.75) is 45.7 Å². The predicted molar refractivity (Wildman–Crippen MR) is 61.8 cm³/mol. The van der Waals surface area contributed by atoms with Gasteiger partial charge in [0, 0.05) is 6.54 Å². The molecule has 1 unspecified atom stereocenters. The Labute approximate surface area is 95.6 Å². The van der Waals surface area contributed by atoms with Crippen LogP contribution in [0.25, 0.3) is 0 Å². The molecule has 0 bridgehead atoms. The van der Waals surface area contributed by atoms with Crippen LogP contribution in [0.4, 0.5) is 0 Å². The van der Waals surface area contributed by atoms with Gasteiger partial charge >= 0.3 is 0 Å². The summed E-state index contributed by atoms with van der Waals surface area (Å²) in [7, 11) is 0. The van der Waals surface area contributed by atoms with Gasteiger partial charge in [-0.05, 0) is 24.7 Å². The van der Waals surface area contributed by atoms with Crippen molar-refractivity contribution in [3.63, 3.8) is 0 Å². The minimum Gasteiger partial charge on any atom is -0.322 e. The number of hydrogen-bond donors (Lipinski definition) is 1. The van der Waals surface area contributed by atoms with Crippen molar-refractivity contribution in [2.75, 3.05) is 0 Å². The second kappa shape index (κ2) is 3.80. The zero-order valence-electron chi connectivity index (χ0n) is 9.33. The Balaban J connectivity index is 2.28. The molecule has 1 fully saturated rings. The number of rotatable bonds is 4. The lowest BCUT2D eigenvalue weighted by Crippen LogP contribution is -2.24. The molecule has 2 N–H and O–H groups in total. The molecule has 1 aromatic heterocycles. The van der Waals surface area contributed by atoms with Crippen LogP contribution in [0.3, 0.4) is 0 Å². The third-order valence-corrected chi connectivity index (χ3v) is 3.64. The van der Waals surface area contributed by atoms with E-state index in [4.69, 9.17) is 17.3 Å². The Morgan fingerprint density at radius 2 is 2.33 bits per heavy atom. The number of nitrogens with zero attached hydrogens (tertiary/aromatic N) is 2. The summed E-state index contributed by atoms with van der Waals surface area (Å²) in [4.78, 5) is 0. The normalized spacial score (nSPS) is 20.3. The molecule has 0 aromatic carbocycles. The van der Waals surface area contributed by atoms with Crippen LogP contribution in [0.2, 0.25) is 5.02 Å². The van der Waals surface area contributed by atoms with E-state index >= 15 is 0 Å². The highest BCUT2D eigenvalue weighted by Gasteiger charge is 2.45. The van der Waals surface area contributed by atoms with Gasteiger partial charge < -0.3 is 5.73 Å². The zero-order valence-corrected chi connectivity index (χ0v) is 10.1. The molecule has 1 saturated carbocycles. The van der Waals surface area contributed by atoms with Crippen LogP contribution in [0.15, 0.2) is 6.20 Å². The van der Waals surface area contributed by atoms with E-state index in [0.717, 1.165) is 18.7 Å². The molecule has 0 saturated heterocycles. The molecule has 0 aliphatic heterocycles. The molecule has 3 nitrogen and oxygen atoms in total. The Morgan fingerprint density at radius 3 is 2.87 bits per heavy atom. The summed E-state index contributed by atoms with van der Waals surface area (Å²) in [6, 6.07) is 0.0269. The molecular weight excluding hydrogens is 210 g/mol. The third kappa shape index (κ3) is 1.91. The highest BCUT2D eigenvalue weighted by Crippen LogP contribution is 2.54. The minimum atomic E-state index is 0.0269. The van der Waals surface area contributed by atoms with Crippen LogP contribution in [-0.4, -0.2) is 9.78 Å². The molecule has 0 amide bonds. The van der Waals surface area contributed by atoms with E-state index in [1.54, 1.807) is 6.20 Å². The number of hydrogen-bond acceptors (Lipinski definition) is 2. The monoisotopic (exact) mass is 227 g/mol. The van der Waals surface area contributed by atoms with E-state index in [9.17, 15) is 0 Å². The van der Waals surface area contributed by atoms with Crippen molar-refractivity contribution < 1.29 is 0 Å². The maximum atomic E-state index is 6.27. The summed E-state index contributed by atoms with van der Waals surface area (Å²) in [6.07, 6.45) is 5.15. The fourth-order valence-corrected chi connectivity index (χ4v) is 2.17. The fraction of sp³-hybridized carbons (Fsp3) is 0.727. The molecule has 0 spiro atoms. The van der Waals surface area contributed by atoms with Gasteiger partial charge in [-0.2, -0.15) is 5.10 Å². The molecular formula is C11H18ClN3. The van der Waals surface area contributed by atoms with Crippen molar-refractivity contribution in [1.29, 1.82) is 0 Å². The van der Waals surface area contributed by atoms with Gasteiger partial charge in [0.2, 0.25) is 0 Å². The topological polar surface area (TPSA) is 43.8 Å². The first-order valence-corrected chi connectivity index (χ1v) is 5.93. The maximum absolute atomic E-state index is 6.27.